The van der Waals surface area contributed by atoms with E-state index in [9.17, 15) is 0 Å². The Bertz CT molecular complexity index is 1430. The zero-order valence-electron chi connectivity index (χ0n) is 20.8. The molecule has 38 heavy (non-hydrogen) atoms. The van der Waals surface area contributed by atoms with Crippen LogP contribution < -0.4 is 11.5 Å². The Balaban J connectivity index is 0.000000155. The number of hydrogen-bond donors (Lipinski definition) is 2. The first-order valence-corrected chi connectivity index (χ1v) is 12.2. The van der Waals surface area contributed by atoms with Gasteiger partial charge in [0.05, 0.1) is 25.5 Å². The van der Waals surface area contributed by atoms with Crippen LogP contribution in [0.3, 0.4) is 0 Å². The summed E-state index contributed by atoms with van der Waals surface area (Å²) in [7, 11) is 0. The Labute approximate surface area is 221 Å². The summed E-state index contributed by atoms with van der Waals surface area (Å²) in [6.45, 7) is 1.45. The van der Waals surface area contributed by atoms with E-state index in [4.69, 9.17) is 11.5 Å². The maximum atomic E-state index is 5.67. The quantitative estimate of drug-likeness (QED) is 0.306. The lowest BCUT2D eigenvalue weighted by Gasteiger charge is -1.99. The van der Waals surface area contributed by atoms with E-state index in [0.717, 1.165) is 47.0 Å². The predicted molar refractivity (Wildman–Crippen MR) is 151 cm³/mol. The molecule has 0 atom stereocenters. The molecule has 0 aliphatic carbocycles. The van der Waals surface area contributed by atoms with Crippen LogP contribution in [0, 0.1) is 0 Å². The minimum Gasteiger partial charge on any atom is -0.399 e. The summed E-state index contributed by atoms with van der Waals surface area (Å²) in [5, 5.41) is 16.7. The minimum absolute atomic E-state index is 0.725. The molecule has 2 aromatic heterocycles. The van der Waals surface area contributed by atoms with Crippen LogP contribution >= 0.6 is 0 Å². The number of nitrogens with zero attached hydrogens (tertiary/aromatic N) is 6. The zero-order valence-corrected chi connectivity index (χ0v) is 20.8. The zero-order chi connectivity index (χ0) is 26.2. The molecular formula is C30H28N8. The van der Waals surface area contributed by atoms with Gasteiger partial charge in [0.15, 0.2) is 0 Å². The van der Waals surface area contributed by atoms with Gasteiger partial charge in [-0.3, -0.25) is 0 Å². The maximum Gasteiger partial charge on any atom is 0.113 e. The summed E-state index contributed by atoms with van der Waals surface area (Å²) in [5.41, 5.74) is 19.0. The van der Waals surface area contributed by atoms with Gasteiger partial charge in [0.25, 0.3) is 0 Å². The van der Waals surface area contributed by atoms with Gasteiger partial charge in [-0.05, 0) is 35.4 Å². The Morgan fingerprint density at radius 1 is 0.474 bits per heavy atom. The summed E-state index contributed by atoms with van der Waals surface area (Å²) < 4.78 is 3.67. The highest BCUT2D eigenvalue weighted by Gasteiger charge is 2.05. The monoisotopic (exact) mass is 500 g/mol. The molecule has 8 heteroatoms. The van der Waals surface area contributed by atoms with Gasteiger partial charge in [-0.1, -0.05) is 95.4 Å². The lowest BCUT2D eigenvalue weighted by molar-refractivity contribution is 0.650. The van der Waals surface area contributed by atoms with E-state index in [1.54, 1.807) is 0 Å². The molecule has 0 bridgehead atoms. The summed E-state index contributed by atoms with van der Waals surface area (Å²) in [6, 6.07) is 35.7. The first-order chi connectivity index (χ1) is 18.6. The molecule has 0 unspecified atom stereocenters. The number of anilines is 2. The molecule has 6 aromatic rings. The van der Waals surface area contributed by atoms with Gasteiger partial charge >= 0.3 is 0 Å². The lowest BCUT2D eigenvalue weighted by atomic mass is 10.1. The van der Waals surface area contributed by atoms with Gasteiger partial charge in [0, 0.05) is 22.5 Å². The average molecular weight is 501 g/mol. The van der Waals surface area contributed by atoms with Crippen LogP contribution in [-0.4, -0.2) is 30.0 Å². The van der Waals surface area contributed by atoms with Crippen LogP contribution in [0.25, 0.3) is 22.5 Å². The third kappa shape index (κ3) is 6.50. The maximum absolute atomic E-state index is 5.67. The first-order valence-electron chi connectivity index (χ1n) is 12.2. The van der Waals surface area contributed by atoms with Gasteiger partial charge in [-0.15, -0.1) is 10.2 Å². The highest BCUT2D eigenvalue weighted by molar-refractivity contribution is 5.61. The SMILES string of the molecule is Nc1ccc(-c2cn(Cc3ccccc3)nn2)cc1.Nc1ccc(-c2cn(Cc3ccccc3)nn2)cc1. The number of aromatic nitrogens is 6. The van der Waals surface area contributed by atoms with E-state index >= 15 is 0 Å². The van der Waals surface area contributed by atoms with Crippen LogP contribution in [0.4, 0.5) is 11.4 Å². The van der Waals surface area contributed by atoms with Crippen LogP contribution in [0.1, 0.15) is 11.1 Å². The van der Waals surface area contributed by atoms with Gasteiger partial charge < -0.3 is 11.5 Å². The number of nitrogen functional groups attached to an aromatic ring is 2. The number of nitrogens with two attached hydrogens (primary N) is 2. The molecule has 6 rings (SSSR count). The highest BCUT2D eigenvalue weighted by atomic mass is 15.4. The van der Waals surface area contributed by atoms with Gasteiger partial charge in [-0.25, -0.2) is 9.36 Å². The summed E-state index contributed by atoms with van der Waals surface area (Å²) in [4.78, 5) is 0. The average Bonchev–Trinajstić information content (AvgIpc) is 3.61. The van der Waals surface area contributed by atoms with Crippen molar-refractivity contribution in [1.29, 1.82) is 0 Å². The molecule has 0 amide bonds. The fourth-order valence-electron chi connectivity index (χ4n) is 3.86. The largest absolute Gasteiger partial charge is 0.399 e. The third-order valence-electron chi connectivity index (χ3n) is 5.86. The Morgan fingerprint density at radius 3 is 1.21 bits per heavy atom. The Hall–Kier alpha value is -5.24. The molecule has 0 radical (unpaired) electrons. The van der Waals surface area contributed by atoms with Crippen molar-refractivity contribution in [2.75, 3.05) is 11.5 Å². The third-order valence-corrected chi connectivity index (χ3v) is 5.86. The fourth-order valence-corrected chi connectivity index (χ4v) is 3.86. The normalized spacial score (nSPS) is 10.5. The van der Waals surface area contributed by atoms with Gasteiger partial charge in [0.2, 0.25) is 0 Å². The molecule has 188 valence electrons. The molecule has 0 saturated carbocycles. The first kappa shape index (κ1) is 24.5. The van der Waals surface area contributed by atoms with Crippen LogP contribution in [-0.2, 0) is 13.1 Å². The molecule has 0 aliphatic heterocycles. The number of rotatable bonds is 6. The molecule has 0 aliphatic rings. The minimum atomic E-state index is 0.725. The van der Waals surface area contributed by atoms with E-state index in [1.165, 1.54) is 11.1 Å². The standard InChI is InChI=1S/2C15H14N4/c2*16-14-8-6-13(7-9-14)15-11-19(18-17-15)10-12-4-2-1-3-5-12/h2*1-9,11H,10,16H2. The second-order valence-corrected chi connectivity index (χ2v) is 8.82. The van der Waals surface area contributed by atoms with E-state index in [0.29, 0.717) is 0 Å². The van der Waals surface area contributed by atoms with Gasteiger partial charge in [0.1, 0.15) is 11.4 Å². The molecule has 4 aromatic carbocycles. The molecule has 0 spiro atoms. The van der Waals surface area contributed by atoms with Crippen molar-refractivity contribution in [1.82, 2.24) is 30.0 Å². The topological polar surface area (TPSA) is 113 Å². The van der Waals surface area contributed by atoms with Crippen molar-refractivity contribution in [2.24, 2.45) is 0 Å². The van der Waals surface area contributed by atoms with Crippen LogP contribution in [0.15, 0.2) is 122 Å². The molecular weight excluding hydrogens is 472 g/mol. The van der Waals surface area contributed by atoms with Crippen molar-refractivity contribution in [3.8, 4) is 22.5 Å². The number of benzene rings is 4. The molecule has 0 fully saturated rings. The van der Waals surface area contributed by atoms with Crippen LogP contribution in [0.5, 0.6) is 0 Å². The van der Waals surface area contributed by atoms with Gasteiger partial charge in [-0.2, -0.15) is 0 Å². The second kappa shape index (κ2) is 11.7. The molecule has 8 nitrogen and oxygen atoms in total. The lowest BCUT2D eigenvalue weighted by Crippen LogP contribution is -1.99. The molecule has 4 N–H and O–H groups in total. The van der Waals surface area contributed by atoms with Crippen molar-refractivity contribution in [3.05, 3.63) is 133 Å². The Kier molecular flexibility index (Phi) is 7.51. The van der Waals surface area contributed by atoms with E-state index < -0.39 is 0 Å². The predicted octanol–water partition coefficient (Wildman–Crippen LogP) is 5.15. The van der Waals surface area contributed by atoms with E-state index in [-0.39, 0.29) is 0 Å². The second-order valence-electron chi connectivity index (χ2n) is 8.82. The van der Waals surface area contributed by atoms with Crippen molar-refractivity contribution < 1.29 is 0 Å². The molecule has 0 saturated heterocycles. The van der Waals surface area contributed by atoms with E-state index in [1.807, 2.05) is 107 Å². The fraction of sp³-hybridized carbons (Fsp3) is 0.0667. The van der Waals surface area contributed by atoms with E-state index in [2.05, 4.69) is 44.9 Å². The number of hydrogen-bond acceptors (Lipinski definition) is 6. The molecule has 2 heterocycles. The Morgan fingerprint density at radius 2 is 0.842 bits per heavy atom. The smallest absolute Gasteiger partial charge is 0.113 e. The summed E-state index contributed by atoms with van der Waals surface area (Å²) >= 11 is 0. The van der Waals surface area contributed by atoms with Crippen molar-refractivity contribution >= 4 is 11.4 Å². The summed E-state index contributed by atoms with van der Waals surface area (Å²) in [6.07, 6.45) is 3.89. The summed E-state index contributed by atoms with van der Waals surface area (Å²) in [5.74, 6) is 0. The highest BCUT2D eigenvalue weighted by Crippen LogP contribution is 2.19. The van der Waals surface area contributed by atoms with Crippen LogP contribution in [0.2, 0.25) is 0 Å². The van der Waals surface area contributed by atoms with Crippen molar-refractivity contribution in [2.45, 2.75) is 13.1 Å². The van der Waals surface area contributed by atoms with Crippen molar-refractivity contribution in [3.63, 3.8) is 0 Å².